The van der Waals surface area contributed by atoms with Crippen molar-refractivity contribution in [2.24, 2.45) is 0 Å². The van der Waals surface area contributed by atoms with Gasteiger partial charge in [0.1, 0.15) is 5.60 Å². The lowest BCUT2D eigenvalue weighted by Crippen LogP contribution is -2.56. The van der Waals surface area contributed by atoms with E-state index in [9.17, 15) is 22.8 Å². The molecule has 1 aliphatic heterocycles. The van der Waals surface area contributed by atoms with Crippen molar-refractivity contribution in [1.82, 2.24) is 9.80 Å². The molecule has 9 heteroatoms. The third kappa shape index (κ3) is 5.37. The highest BCUT2D eigenvalue weighted by Crippen LogP contribution is 2.35. The maximum absolute atomic E-state index is 13.1. The first-order chi connectivity index (χ1) is 12.3. The molecule has 1 aliphatic rings. The van der Waals surface area contributed by atoms with Gasteiger partial charge in [-0.25, -0.2) is 4.79 Å². The summed E-state index contributed by atoms with van der Waals surface area (Å²) in [5, 5.41) is 0. The van der Waals surface area contributed by atoms with Gasteiger partial charge in [-0.2, -0.15) is 13.2 Å². The van der Waals surface area contributed by atoms with Crippen LogP contribution in [0, 0.1) is 0 Å². The molecule has 1 fully saturated rings. The van der Waals surface area contributed by atoms with Gasteiger partial charge in [-0.05, 0) is 45.9 Å². The zero-order chi connectivity index (χ0) is 20.6. The fraction of sp³-hybridized carbons (Fsp3) is 0.556. The standard InChI is InChI=1S/C18H22BrF3N2O3/c1-11-10-23(7-8-24(11)16(26)27-17(2,3)4)15(25)12-5-6-14(19)13(9-12)18(20,21)22/h5-6,9,11H,7-8,10H2,1-4H3/t11-/m0/s1. The molecular formula is C18H22BrF3N2O3. The molecule has 0 aromatic heterocycles. The van der Waals surface area contributed by atoms with Crippen LogP contribution >= 0.6 is 15.9 Å². The van der Waals surface area contributed by atoms with Gasteiger partial charge in [-0.15, -0.1) is 0 Å². The summed E-state index contributed by atoms with van der Waals surface area (Å²) in [6.45, 7) is 7.76. The number of rotatable bonds is 1. The van der Waals surface area contributed by atoms with Crippen LogP contribution in [0.2, 0.25) is 0 Å². The molecule has 1 aromatic carbocycles. The highest BCUT2D eigenvalue weighted by atomic mass is 79.9. The second kappa shape index (κ2) is 7.69. The van der Waals surface area contributed by atoms with Crippen LogP contribution in [0.5, 0.6) is 0 Å². The van der Waals surface area contributed by atoms with Crippen LogP contribution in [-0.4, -0.2) is 53.1 Å². The summed E-state index contributed by atoms with van der Waals surface area (Å²) in [6, 6.07) is 3.11. The molecule has 2 amide bonds. The molecule has 5 nitrogen and oxygen atoms in total. The minimum Gasteiger partial charge on any atom is -0.444 e. The lowest BCUT2D eigenvalue weighted by atomic mass is 10.1. The number of ether oxygens (including phenoxy) is 1. The summed E-state index contributed by atoms with van der Waals surface area (Å²) in [5.41, 5.74) is -1.56. The molecule has 1 aromatic rings. The van der Waals surface area contributed by atoms with Crippen LogP contribution in [0.25, 0.3) is 0 Å². The number of benzene rings is 1. The van der Waals surface area contributed by atoms with Gasteiger partial charge < -0.3 is 14.5 Å². The minimum absolute atomic E-state index is 0.0385. The van der Waals surface area contributed by atoms with E-state index in [4.69, 9.17) is 4.74 Å². The molecule has 1 saturated heterocycles. The quantitative estimate of drug-likeness (QED) is 0.630. The van der Waals surface area contributed by atoms with Crippen molar-refractivity contribution in [3.05, 3.63) is 33.8 Å². The average Bonchev–Trinajstić information content (AvgIpc) is 2.51. The smallest absolute Gasteiger partial charge is 0.417 e. The maximum atomic E-state index is 13.1. The Balaban J connectivity index is 2.11. The second-order valence-corrected chi connectivity index (χ2v) is 8.32. The number of piperazine rings is 1. The van der Waals surface area contributed by atoms with Crippen molar-refractivity contribution < 1.29 is 27.5 Å². The number of halogens is 4. The van der Waals surface area contributed by atoms with Gasteiger partial charge in [0.25, 0.3) is 5.91 Å². The Morgan fingerprint density at radius 1 is 1.19 bits per heavy atom. The average molecular weight is 451 g/mol. The lowest BCUT2D eigenvalue weighted by molar-refractivity contribution is -0.138. The predicted octanol–water partition coefficient (Wildman–Crippen LogP) is 4.55. The van der Waals surface area contributed by atoms with Crippen molar-refractivity contribution >= 4 is 27.9 Å². The van der Waals surface area contributed by atoms with E-state index < -0.39 is 29.3 Å². The van der Waals surface area contributed by atoms with Crippen LogP contribution < -0.4 is 0 Å². The summed E-state index contributed by atoms with van der Waals surface area (Å²) in [4.78, 5) is 27.9. The molecule has 0 N–H and O–H groups in total. The van der Waals surface area contributed by atoms with E-state index in [1.165, 1.54) is 21.9 Å². The summed E-state index contributed by atoms with van der Waals surface area (Å²) in [6.07, 6.45) is -5.03. The number of carbonyl (C=O) groups excluding carboxylic acids is 2. The summed E-state index contributed by atoms with van der Waals surface area (Å²) in [7, 11) is 0. The Morgan fingerprint density at radius 2 is 1.81 bits per heavy atom. The molecule has 27 heavy (non-hydrogen) atoms. The van der Waals surface area contributed by atoms with Gasteiger partial charge in [0.15, 0.2) is 0 Å². The van der Waals surface area contributed by atoms with E-state index in [0.717, 1.165) is 6.07 Å². The van der Waals surface area contributed by atoms with E-state index in [0.29, 0.717) is 0 Å². The third-order valence-electron chi connectivity index (χ3n) is 4.06. The van der Waals surface area contributed by atoms with E-state index in [1.807, 2.05) is 0 Å². The van der Waals surface area contributed by atoms with Crippen LogP contribution in [0.1, 0.15) is 43.6 Å². The Kier molecular flexibility index (Phi) is 6.13. The molecule has 1 atom stereocenters. The second-order valence-electron chi connectivity index (χ2n) is 7.47. The molecule has 0 spiro atoms. The third-order valence-corrected chi connectivity index (χ3v) is 4.75. The van der Waals surface area contributed by atoms with Crippen molar-refractivity contribution in [3.63, 3.8) is 0 Å². The number of alkyl halides is 3. The van der Waals surface area contributed by atoms with Crippen LogP contribution in [-0.2, 0) is 10.9 Å². The number of amides is 2. The number of hydrogen-bond acceptors (Lipinski definition) is 3. The van der Waals surface area contributed by atoms with Crippen molar-refractivity contribution in [1.29, 1.82) is 0 Å². The Bertz CT molecular complexity index is 732. The maximum Gasteiger partial charge on any atom is 0.417 e. The summed E-state index contributed by atoms with van der Waals surface area (Å²) < 4.78 is 44.4. The SMILES string of the molecule is C[C@H]1CN(C(=O)c2ccc(Br)c(C(F)(F)F)c2)CCN1C(=O)OC(C)(C)C. The number of hydrogen-bond donors (Lipinski definition) is 0. The first-order valence-electron chi connectivity index (χ1n) is 8.45. The van der Waals surface area contributed by atoms with Crippen LogP contribution in [0.3, 0.4) is 0 Å². The fourth-order valence-corrected chi connectivity index (χ4v) is 3.26. The highest BCUT2D eigenvalue weighted by molar-refractivity contribution is 9.10. The van der Waals surface area contributed by atoms with Gasteiger partial charge in [0, 0.05) is 35.7 Å². The Hall–Kier alpha value is -1.77. The zero-order valence-electron chi connectivity index (χ0n) is 15.6. The largest absolute Gasteiger partial charge is 0.444 e. The summed E-state index contributed by atoms with van der Waals surface area (Å²) in [5.74, 6) is -0.497. The molecule has 0 radical (unpaired) electrons. The lowest BCUT2D eigenvalue weighted by Gasteiger charge is -2.40. The molecule has 0 bridgehead atoms. The van der Waals surface area contributed by atoms with Crippen molar-refractivity contribution in [2.45, 2.75) is 45.5 Å². The van der Waals surface area contributed by atoms with Gasteiger partial charge in [0.05, 0.1) is 5.56 Å². The minimum atomic E-state index is -4.56. The Labute approximate surface area is 164 Å². The molecule has 0 unspecified atom stereocenters. The highest BCUT2D eigenvalue weighted by Gasteiger charge is 2.36. The van der Waals surface area contributed by atoms with Crippen LogP contribution in [0.15, 0.2) is 22.7 Å². The van der Waals surface area contributed by atoms with Gasteiger partial charge in [0.2, 0.25) is 0 Å². The normalized spacial score (nSPS) is 18.4. The molecule has 1 heterocycles. The van der Waals surface area contributed by atoms with Crippen molar-refractivity contribution in [3.8, 4) is 0 Å². The molecule has 2 rings (SSSR count). The molecule has 0 saturated carbocycles. The van der Waals surface area contributed by atoms with E-state index in [2.05, 4.69) is 15.9 Å². The number of nitrogens with zero attached hydrogens (tertiary/aromatic N) is 2. The van der Waals surface area contributed by atoms with Gasteiger partial charge in [-0.3, -0.25) is 4.79 Å². The molecular weight excluding hydrogens is 429 g/mol. The van der Waals surface area contributed by atoms with E-state index >= 15 is 0 Å². The first kappa shape index (κ1) is 21.5. The molecule has 0 aliphatic carbocycles. The van der Waals surface area contributed by atoms with E-state index in [-0.39, 0.29) is 35.7 Å². The predicted molar refractivity (Wildman–Crippen MR) is 97.4 cm³/mol. The Morgan fingerprint density at radius 3 is 2.33 bits per heavy atom. The monoisotopic (exact) mass is 450 g/mol. The number of carbonyl (C=O) groups is 2. The van der Waals surface area contributed by atoms with E-state index in [1.54, 1.807) is 27.7 Å². The van der Waals surface area contributed by atoms with Crippen LogP contribution in [0.4, 0.5) is 18.0 Å². The zero-order valence-corrected chi connectivity index (χ0v) is 17.1. The topological polar surface area (TPSA) is 49.9 Å². The first-order valence-corrected chi connectivity index (χ1v) is 9.24. The summed E-state index contributed by atoms with van der Waals surface area (Å²) >= 11 is 2.87. The van der Waals surface area contributed by atoms with Gasteiger partial charge >= 0.3 is 12.3 Å². The van der Waals surface area contributed by atoms with Crippen molar-refractivity contribution in [2.75, 3.05) is 19.6 Å². The van der Waals surface area contributed by atoms with Gasteiger partial charge in [-0.1, -0.05) is 15.9 Å². The fourth-order valence-electron chi connectivity index (χ4n) is 2.79. The molecule has 150 valence electrons.